The maximum absolute atomic E-state index is 11.2. The maximum Gasteiger partial charge on any atom is 0.229 e. The van der Waals surface area contributed by atoms with Gasteiger partial charge in [-0.2, -0.15) is 0 Å². The SMILES string of the molecule is CC(Nc1cc(NS(C)(=O)=O)ccc1Cl)C1(C)CC1. The van der Waals surface area contributed by atoms with Gasteiger partial charge in [0, 0.05) is 6.04 Å². The molecule has 1 aliphatic rings. The average Bonchev–Trinajstić information content (AvgIpc) is 3.01. The summed E-state index contributed by atoms with van der Waals surface area (Å²) < 4.78 is 24.9. The summed E-state index contributed by atoms with van der Waals surface area (Å²) in [5.41, 5.74) is 1.60. The van der Waals surface area contributed by atoms with Gasteiger partial charge in [0.15, 0.2) is 0 Å². The van der Waals surface area contributed by atoms with E-state index in [1.165, 1.54) is 12.8 Å². The van der Waals surface area contributed by atoms with Crippen molar-refractivity contribution in [2.75, 3.05) is 16.3 Å². The molecule has 1 saturated carbocycles. The zero-order valence-corrected chi connectivity index (χ0v) is 12.9. The van der Waals surface area contributed by atoms with Crippen LogP contribution in [0.2, 0.25) is 5.02 Å². The number of nitrogens with one attached hydrogen (secondary N) is 2. The highest BCUT2D eigenvalue weighted by atomic mass is 35.5. The predicted molar refractivity (Wildman–Crippen MR) is 80.3 cm³/mol. The molecule has 6 heteroatoms. The maximum atomic E-state index is 11.2. The minimum atomic E-state index is -3.27. The first-order valence-electron chi connectivity index (χ1n) is 6.23. The molecular weight excluding hydrogens is 284 g/mol. The van der Waals surface area contributed by atoms with Gasteiger partial charge in [0.05, 0.1) is 22.7 Å². The van der Waals surface area contributed by atoms with Crippen LogP contribution in [0, 0.1) is 5.41 Å². The summed E-state index contributed by atoms with van der Waals surface area (Å²) in [5.74, 6) is 0. The lowest BCUT2D eigenvalue weighted by Crippen LogP contribution is -2.25. The molecule has 0 saturated heterocycles. The van der Waals surface area contributed by atoms with Gasteiger partial charge in [0.2, 0.25) is 10.0 Å². The Labute approximate surface area is 119 Å². The smallest absolute Gasteiger partial charge is 0.229 e. The Hall–Kier alpha value is -0.940. The Kier molecular flexibility index (Phi) is 3.71. The van der Waals surface area contributed by atoms with Gasteiger partial charge in [-0.05, 0) is 43.4 Å². The van der Waals surface area contributed by atoms with Crippen LogP contribution in [0.1, 0.15) is 26.7 Å². The Morgan fingerprint density at radius 1 is 1.37 bits per heavy atom. The summed E-state index contributed by atoms with van der Waals surface area (Å²) in [6.45, 7) is 4.36. The third-order valence-electron chi connectivity index (χ3n) is 3.73. The van der Waals surface area contributed by atoms with Gasteiger partial charge in [-0.15, -0.1) is 0 Å². The number of hydrogen-bond donors (Lipinski definition) is 2. The van der Waals surface area contributed by atoms with E-state index >= 15 is 0 Å². The molecule has 19 heavy (non-hydrogen) atoms. The molecule has 0 spiro atoms. The van der Waals surface area contributed by atoms with Crippen LogP contribution < -0.4 is 10.0 Å². The minimum absolute atomic E-state index is 0.304. The predicted octanol–water partition coefficient (Wildman–Crippen LogP) is 3.31. The van der Waals surface area contributed by atoms with E-state index in [1.807, 2.05) is 0 Å². The number of sulfonamides is 1. The molecule has 1 fully saturated rings. The van der Waals surface area contributed by atoms with Gasteiger partial charge < -0.3 is 5.32 Å². The fraction of sp³-hybridized carbons (Fsp3) is 0.538. The first-order valence-corrected chi connectivity index (χ1v) is 8.50. The molecule has 106 valence electrons. The third-order valence-corrected chi connectivity index (χ3v) is 4.66. The molecule has 0 heterocycles. The Bertz CT molecular complexity index is 582. The van der Waals surface area contributed by atoms with Gasteiger partial charge in [0.25, 0.3) is 0 Å². The van der Waals surface area contributed by atoms with Gasteiger partial charge in [-0.25, -0.2) is 8.42 Å². The van der Waals surface area contributed by atoms with Gasteiger partial charge in [-0.3, -0.25) is 4.72 Å². The topological polar surface area (TPSA) is 58.2 Å². The third kappa shape index (κ3) is 3.76. The normalized spacial score (nSPS) is 18.7. The quantitative estimate of drug-likeness (QED) is 0.877. The fourth-order valence-electron chi connectivity index (χ4n) is 1.95. The van der Waals surface area contributed by atoms with Crippen molar-refractivity contribution in [1.29, 1.82) is 0 Å². The van der Waals surface area contributed by atoms with Crippen LogP contribution in [-0.4, -0.2) is 20.7 Å². The minimum Gasteiger partial charge on any atom is -0.381 e. The van der Waals surface area contributed by atoms with E-state index in [0.29, 0.717) is 22.2 Å². The van der Waals surface area contributed by atoms with Crippen molar-refractivity contribution in [3.8, 4) is 0 Å². The molecule has 4 nitrogen and oxygen atoms in total. The summed E-state index contributed by atoms with van der Waals surface area (Å²) in [5, 5.41) is 3.96. The molecular formula is C13H19ClN2O2S. The van der Waals surface area contributed by atoms with Crippen LogP contribution in [0.3, 0.4) is 0 Å². The van der Waals surface area contributed by atoms with E-state index in [-0.39, 0.29) is 0 Å². The summed E-state index contributed by atoms with van der Waals surface area (Å²) in [4.78, 5) is 0. The van der Waals surface area contributed by atoms with E-state index in [1.54, 1.807) is 18.2 Å². The van der Waals surface area contributed by atoms with Crippen LogP contribution in [0.4, 0.5) is 11.4 Å². The largest absolute Gasteiger partial charge is 0.381 e. The van der Waals surface area contributed by atoms with Crippen LogP contribution >= 0.6 is 11.6 Å². The number of halogens is 1. The monoisotopic (exact) mass is 302 g/mol. The summed E-state index contributed by atoms with van der Waals surface area (Å²) in [6.07, 6.45) is 3.54. The highest BCUT2D eigenvalue weighted by Gasteiger charge is 2.42. The van der Waals surface area contributed by atoms with E-state index in [0.717, 1.165) is 11.9 Å². The van der Waals surface area contributed by atoms with Crippen LogP contribution in [-0.2, 0) is 10.0 Å². The summed E-state index contributed by atoms with van der Waals surface area (Å²) >= 11 is 6.14. The highest BCUT2D eigenvalue weighted by Crippen LogP contribution is 2.49. The van der Waals surface area contributed by atoms with E-state index < -0.39 is 10.0 Å². The second-order valence-electron chi connectivity index (χ2n) is 5.59. The molecule has 1 aromatic carbocycles. The molecule has 0 bridgehead atoms. The molecule has 2 rings (SSSR count). The van der Waals surface area contributed by atoms with Crippen LogP contribution in [0.25, 0.3) is 0 Å². The van der Waals surface area contributed by atoms with Crippen LogP contribution in [0.5, 0.6) is 0 Å². The van der Waals surface area contributed by atoms with Crippen molar-refractivity contribution in [2.24, 2.45) is 5.41 Å². The molecule has 1 atom stereocenters. The lowest BCUT2D eigenvalue weighted by Gasteiger charge is -2.22. The van der Waals surface area contributed by atoms with Crippen molar-refractivity contribution >= 4 is 33.0 Å². The Morgan fingerprint density at radius 3 is 2.53 bits per heavy atom. The first kappa shape index (κ1) is 14.5. The molecule has 1 aliphatic carbocycles. The van der Waals surface area contributed by atoms with Crippen LogP contribution in [0.15, 0.2) is 18.2 Å². The van der Waals surface area contributed by atoms with Gasteiger partial charge in [0.1, 0.15) is 0 Å². The highest BCUT2D eigenvalue weighted by molar-refractivity contribution is 7.92. The fourth-order valence-corrected chi connectivity index (χ4v) is 2.68. The van der Waals surface area contributed by atoms with Crippen molar-refractivity contribution in [1.82, 2.24) is 0 Å². The van der Waals surface area contributed by atoms with E-state index in [9.17, 15) is 8.42 Å². The van der Waals surface area contributed by atoms with E-state index in [2.05, 4.69) is 23.9 Å². The van der Waals surface area contributed by atoms with Crippen molar-refractivity contribution < 1.29 is 8.42 Å². The van der Waals surface area contributed by atoms with Crippen molar-refractivity contribution in [2.45, 2.75) is 32.7 Å². The van der Waals surface area contributed by atoms with E-state index in [4.69, 9.17) is 11.6 Å². The molecule has 0 radical (unpaired) electrons. The zero-order valence-electron chi connectivity index (χ0n) is 11.3. The first-order chi connectivity index (χ1) is 8.70. The zero-order chi connectivity index (χ0) is 14.3. The number of anilines is 2. The lowest BCUT2D eigenvalue weighted by molar-refractivity contribution is 0.493. The number of rotatable bonds is 5. The Balaban J connectivity index is 2.17. The molecule has 1 unspecified atom stereocenters. The van der Waals surface area contributed by atoms with Crippen molar-refractivity contribution in [3.63, 3.8) is 0 Å². The van der Waals surface area contributed by atoms with Crippen molar-refractivity contribution in [3.05, 3.63) is 23.2 Å². The average molecular weight is 303 g/mol. The number of benzene rings is 1. The lowest BCUT2D eigenvalue weighted by atomic mass is 10.0. The standard InChI is InChI=1S/C13H19ClN2O2S/c1-9(13(2)6-7-13)15-12-8-10(4-5-11(12)14)16-19(3,17)18/h4-5,8-9,15-16H,6-7H2,1-3H3. The summed E-state index contributed by atoms with van der Waals surface area (Å²) in [7, 11) is -3.27. The molecule has 1 aromatic rings. The second-order valence-corrected chi connectivity index (χ2v) is 7.74. The Morgan fingerprint density at radius 2 is 2.00 bits per heavy atom. The number of hydrogen-bond acceptors (Lipinski definition) is 3. The molecule has 0 amide bonds. The second kappa shape index (κ2) is 4.87. The molecule has 2 N–H and O–H groups in total. The van der Waals surface area contributed by atoms with Gasteiger partial charge >= 0.3 is 0 Å². The molecule has 0 aliphatic heterocycles. The summed E-state index contributed by atoms with van der Waals surface area (Å²) in [6, 6.07) is 5.38. The molecule has 0 aromatic heterocycles. The van der Waals surface area contributed by atoms with Gasteiger partial charge in [-0.1, -0.05) is 18.5 Å².